The number of hydrogen-bond acceptors (Lipinski definition) is 4. The molecule has 6 aromatic carbocycles. The standard InChI is InChI=1S/C37H23N3O/c1-3-10-24(11-4-1)35-38-36(25-12-5-2-6-13-25)40-37(39-35)29-21-19-26-22-28(20-18-27(26)23-29)30-15-9-17-33-34(30)31-14-7-8-16-32(31)41-33/h1-23H. The summed E-state index contributed by atoms with van der Waals surface area (Å²) in [6, 6.07) is 47.6. The average Bonchev–Trinajstić information content (AvgIpc) is 3.44. The van der Waals surface area contributed by atoms with Gasteiger partial charge in [0.1, 0.15) is 11.2 Å². The number of rotatable bonds is 4. The van der Waals surface area contributed by atoms with E-state index in [9.17, 15) is 0 Å². The summed E-state index contributed by atoms with van der Waals surface area (Å²) < 4.78 is 6.13. The molecule has 0 amide bonds. The number of furan rings is 1. The van der Waals surface area contributed by atoms with Crippen LogP contribution in [0, 0.1) is 0 Å². The highest BCUT2D eigenvalue weighted by atomic mass is 16.3. The number of para-hydroxylation sites is 1. The lowest BCUT2D eigenvalue weighted by atomic mass is 9.96. The number of nitrogens with zero attached hydrogens (tertiary/aromatic N) is 3. The van der Waals surface area contributed by atoms with Gasteiger partial charge in [-0.05, 0) is 46.2 Å². The Morgan fingerprint density at radius 3 is 1.61 bits per heavy atom. The van der Waals surface area contributed by atoms with Crippen LogP contribution in [0.2, 0.25) is 0 Å². The number of aromatic nitrogens is 3. The van der Waals surface area contributed by atoms with Gasteiger partial charge >= 0.3 is 0 Å². The van der Waals surface area contributed by atoms with Gasteiger partial charge in [0.05, 0.1) is 0 Å². The molecular formula is C37H23N3O. The molecule has 2 heterocycles. The van der Waals surface area contributed by atoms with Crippen molar-refractivity contribution in [2.24, 2.45) is 0 Å². The Bertz CT molecular complexity index is 2140. The first-order valence-corrected chi connectivity index (χ1v) is 13.6. The molecule has 0 atom stereocenters. The van der Waals surface area contributed by atoms with Gasteiger partial charge in [-0.3, -0.25) is 0 Å². The first kappa shape index (κ1) is 23.3. The van der Waals surface area contributed by atoms with Gasteiger partial charge in [-0.1, -0.05) is 115 Å². The second-order valence-corrected chi connectivity index (χ2v) is 10.1. The number of fused-ring (bicyclic) bond motifs is 4. The first-order chi connectivity index (χ1) is 20.3. The molecule has 4 heteroatoms. The van der Waals surface area contributed by atoms with Gasteiger partial charge in [0.2, 0.25) is 0 Å². The summed E-state index contributed by atoms with van der Waals surface area (Å²) in [7, 11) is 0. The molecule has 0 aliphatic carbocycles. The molecule has 8 rings (SSSR count). The molecule has 0 spiro atoms. The average molecular weight is 526 g/mol. The minimum atomic E-state index is 0.651. The SMILES string of the molecule is c1ccc(-c2nc(-c3ccccc3)nc(-c3ccc4cc(-c5cccc6oc7ccccc7c56)ccc4c3)n2)cc1. The van der Waals surface area contributed by atoms with Crippen molar-refractivity contribution in [3.05, 3.63) is 140 Å². The molecule has 4 nitrogen and oxygen atoms in total. The van der Waals surface area contributed by atoms with Crippen LogP contribution in [0.3, 0.4) is 0 Å². The van der Waals surface area contributed by atoms with Crippen LogP contribution < -0.4 is 0 Å². The third-order valence-corrected chi connectivity index (χ3v) is 7.51. The molecule has 192 valence electrons. The number of hydrogen-bond donors (Lipinski definition) is 0. The Morgan fingerprint density at radius 2 is 0.927 bits per heavy atom. The van der Waals surface area contributed by atoms with E-state index in [0.29, 0.717) is 17.5 Å². The lowest BCUT2D eigenvalue weighted by Crippen LogP contribution is -2.00. The molecule has 2 aromatic heterocycles. The van der Waals surface area contributed by atoms with E-state index in [4.69, 9.17) is 19.4 Å². The van der Waals surface area contributed by atoms with E-state index in [-0.39, 0.29) is 0 Å². The predicted molar refractivity (Wildman–Crippen MR) is 166 cm³/mol. The van der Waals surface area contributed by atoms with E-state index >= 15 is 0 Å². The largest absolute Gasteiger partial charge is 0.456 e. The van der Waals surface area contributed by atoms with Gasteiger partial charge in [0.15, 0.2) is 17.5 Å². The monoisotopic (exact) mass is 525 g/mol. The zero-order valence-corrected chi connectivity index (χ0v) is 22.0. The van der Waals surface area contributed by atoms with Crippen molar-refractivity contribution < 1.29 is 4.42 Å². The quantitative estimate of drug-likeness (QED) is 0.230. The highest BCUT2D eigenvalue weighted by Gasteiger charge is 2.14. The van der Waals surface area contributed by atoms with Gasteiger partial charge in [-0.25, -0.2) is 15.0 Å². The van der Waals surface area contributed by atoms with Crippen molar-refractivity contribution >= 4 is 32.7 Å². The molecule has 0 aliphatic heterocycles. The van der Waals surface area contributed by atoms with Gasteiger partial charge in [0.25, 0.3) is 0 Å². The fraction of sp³-hybridized carbons (Fsp3) is 0. The lowest BCUT2D eigenvalue weighted by Gasteiger charge is -2.10. The third kappa shape index (κ3) is 4.14. The Kier molecular flexibility index (Phi) is 5.42. The Morgan fingerprint density at radius 1 is 0.390 bits per heavy atom. The van der Waals surface area contributed by atoms with Gasteiger partial charge < -0.3 is 4.42 Å². The van der Waals surface area contributed by atoms with Gasteiger partial charge in [0, 0.05) is 27.5 Å². The summed E-state index contributed by atoms with van der Waals surface area (Å²) in [5.74, 6) is 1.97. The zero-order valence-electron chi connectivity index (χ0n) is 22.0. The van der Waals surface area contributed by atoms with Crippen molar-refractivity contribution in [2.75, 3.05) is 0 Å². The fourth-order valence-electron chi connectivity index (χ4n) is 5.51. The van der Waals surface area contributed by atoms with Crippen molar-refractivity contribution in [3.63, 3.8) is 0 Å². The van der Waals surface area contributed by atoms with Crippen LogP contribution in [-0.4, -0.2) is 15.0 Å². The molecule has 0 aliphatic rings. The zero-order chi connectivity index (χ0) is 27.2. The second kappa shape index (κ2) is 9.54. The molecule has 0 unspecified atom stereocenters. The summed E-state index contributed by atoms with van der Waals surface area (Å²) in [4.78, 5) is 14.6. The minimum absolute atomic E-state index is 0.651. The fourth-order valence-corrected chi connectivity index (χ4v) is 5.51. The second-order valence-electron chi connectivity index (χ2n) is 10.1. The van der Waals surface area contributed by atoms with Crippen LogP contribution in [0.25, 0.3) is 78.0 Å². The first-order valence-electron chi connectivity index (χ1n) is 13.6. The normalized spacial score (nSPS) is 11.4. The Labute approximate surface area is 236 Å². The Balaban J connectivity index is 1.25. The molecule has 0 fully saturated rings. The molecular weight excluding hydrogens is 502 g/mol. The molecule has 8 aromatic rings. The van der Waals surface area contributed by atoms with E-state index in [2.05, 4.69) is 60.7 Å². The van der Waals surface area contributed by atoms with Crippen LogP contribution >= 0.6 is 0 Å². The van der Waals surface area contributed by atoms with E-state index < -0.39 is 0 Å². The summed E-state index contributed by atoms with van der Waals surface area (Å²) in [5, 5.41) is 4.55. The summed E-state index contributed by atoms with van der Waals surface area (Å²) in [5.41, 5.74) is 6.99. The summed E-state index contributed by atoms with van der Waals surface area (Å²) >= 11 is 0. The molecule has 0 saturated carbocycles. The highest BCUT2D eigenvalue weighted by molar-refractivity contribution is 6.12. The number of benzene rings is 6. The maximum atomic E-state index is 6.13. The van der Waals surface area contributed by atoms with Crippen molar-refractivity contribution in [1.82, 2.24) is 15.0 Å². The predicted octanol–water partition coefficient (Wildman–Crippen LogP) is 9.59. The Hall–Kier alpha value is -5.61. The van der Waals surface area contributed by atoms with E-state index in [0.717, 1.165) is 60.5 Å². The van der Waals surface area contributed by atoms with Crippen LogP contribution in [0.4, 0.5) is 0 Å². The maximum absolute atomic E-state index is 6.13. The molecule has 0 saturated heterocycles. The molecule has 41 heavy (non-hydrogen) atoms. The smallest absolute Gasteiger partial charge is 0.164 e. The van der Waals surface area contributed by atoms with Gasteiger partial charge in [-0.15, -0.1) is 0 Å². The van der Waals surface area contributed by atoms with Crippen LogP contribution in [-0.2, 0) is 0 Å². The van der Waals surface area contributed by atoms with Gasteiger partial charge in [-0.2, -0.15) is 0 Å². The third-order valence-electron chi connectivity index (χ3n) is 7.51. The minimum Gasteiger partial charge on any atom is -0.456 e. The topological polar surface area (TPSA) is 51.8 Å². The van der Waals surface area contributed by atoms with Crippen molar-refractivity contribution in [2.45, 2.75) is 0 Å². The van der Waals surface area contributed by atoms with E-state index in [1.807, 2.05) is 78.9 Å². The maximum Gasteiger partial charge on any atom is 0.164 e. The highest BCUT2D eigenvalue weighted by Crippen LogP contribution is 2.37. The van der Waals surface area contributed by atoms with Crippen LogP contribution in [0.1, 0.15) is 0 Å². The molecule has 0 bridgehead atoms. The summed E-state index contributed by atoms with van der Waals surface area (Å²) in [6.45, 7) is 0. The molecule has 0 N–H and O–H groups in total. The lowest BCUT2D eigenvalue weighted by molar-refractivity contribution is 0.669. The van der Waals surface area contributed by atoms with Crippen LogP contribution in [0.15, 0.2) is 144 Å². The summed E-state index contributed by atoms with van der Waals surface area (Å²) in [6.07, 6.45) is 0. The molecule has 0 radical (unpaired) electrons. The van der Waals surface area contributed by atoms with Crippen LogP contribution in [0.5, 0.6) is 0 Å². The van der Waals surface area contributed by atoms with E-state index in [1.54, 1.807) is 0 Å². The van der Waals surface area contributed by atoms with E-state index in [1.165, 1.54) is 0 Å². The van der Waals surface area contributed by atoms with Crippen molar-refractivity contribution in [1.29, 1.82) is 0 Å². The van der Waals surface area contributed by atoms with Crippen molar-refractivity contribution in [3.8, 4) is 45.3 Å².